The average Bonchev–Trinajstić information content (AvgIpc) is 2.62. The number of piperidine rings is 1. The first-order valence-corrected chi connectivity index (χ1v) is 8.46. The molecule has 2 rings (SSSR count). The van der Waals surface area contributed by atoms with Crippen molar-refractivity contribution in [3.05, 3.63) is 30.3 Å². The van der Waals surface area contributed by atoms with E-state index < -0.39 is 12.0 Å². The molecule has 7 nitrogen and oxygen atoms in total. The number of carboxylic acids is 1. The van der Waals surface area contributed by atoms with Crippen molar-refractivity contribution in [1.29, 1.82) is 0 Å². The molecule has 0 aliphatic carbocycles. The summed E-state index contributed by atoms with van der Waals surface area (Å²) in [5, 5.41) is 11.3. The minimum atomic E-state index is -1.07. The molecule has 2 N–H and O–H groups in total. The lowest BCUT2D eigenvalue weighted by Gasteiger charge is -2.32. The highest BCUT2D eigenvalue weighted by Gasteiger charge is 2.29. The molecule has 0 spiro atoms. The van der Waals surface area contributed by atoms with E-state index in [0.717, 1.165) is 6.42 Å². The molecule has 1 aliphatic heterocycles. The third-order valence-electron chi connectivity index (χ3n) is 4.20. The molecule has 1 aromatic carbocycles. The first-order chi connectivity index (χ1) is 12.0. The van der Waals surface area contributed by atoms with Crippen molar-refractivity contribution in [2.75, 3.05) is 19.7 Å². The second-order valence-corrected chi connectivity index (χ2v) is 6.16. The van der Waals surface area contributed by atoms with Crippen molar-refractivity contribution >= 4 is 17.8 Å². The topological polar surface area (TPSA) is 95.9 Å². The number of aliphatic carboxylic acids is 1. The molecule has 1 aromatic rings. The van der Waals surface area contributed by atoms with Crippen LogP contribution in [0.2, 0.25) is 0 Å². The number of nitrogens with one attached hydrogen (secondary N) is 1. The lowest BCUT2D eigenvalue weighted by atomic mass is 9.96. The maximum atomic E-state index is 12.3. The van der Waals surface area contributed by atoms with Gasteiger partial charge in [0.05, 0.1) is 18.9 Å². The molecule has 136 valence electrons. The Morgan fingerprint density at radius 2 is 2.04 bits per heavy atom. The number of ether oxygens (including phenoxy) is 1. The van der Waals surface area contributed by atoms with E-state index in [1.54, 1.807) is 4.90 Å². The molecule has 25 heavy (non-hydrogen) atoms. The molecule has 1 saturated heterocycles. The van der Waals surface area contributed by atoms with E-state index in [1.165, 1.54) is 6.92 Å². The number of amides is 2. The van der Waals surface area contributed by atoms with Crippen LogP contribution in [0.4, 0.5) is 0 Å². The molecule has 2 atom stereocenters. The fraction of sp³-hybridized carbons (Fsp3) is 0.500. The Morgan fingerprint density at radius 1 is 1.32 bits per heavy atom. The van der Waals surface area contributed by atoms with Crippen LogP contribution in [0, 0.1) is 5.92 Å². The van der Waals surface area contributed by atoms with Gasteiger partial charge in [0.2, 0.25) is 11.8 Å². The summed E-state index contributed by atoms with van der Waals surface area (Å²) in [5.74, 6) is -1.09. The van der Waals surface area contributed by atoms with Gasteiger partial charge in [-0.1, -0.05) is 18.2 Å². The summed E-state index contributed by atoms with van der Waals surface area (Å²) in [4.78, 5) is 36.9. The number of rotatable bonds is 7. The second-order valence-electron chi connectivity index (χ2n) is 6.16. The van der Waals surface area contributed by atoms with Crippen LogP contribution < -0.4 is 10.1 Å². The van der Waals surface area contributed by atoms with Crippen LogP contribution in [0.15, 0.2) is 30.3 Å². The number of carbonyl (C=O) groups is 3. The average molecular weight is 348 g/mol. The monoisotopic (exact) mass is 348 g/mol. The molecular weight excluding hydrogens is 324 g/mol. The van der Waals surface area contributed by atoms with Crippen LogP contribution in [0.5, 0.6) is 5.75 Å². The molecule has 2 amide bonds. The van der Waals surface area contributed by atoms with E-state index in [4.69, 9.17) is 9.84 Å². The van der Waals surface area contributed by atoms with Crippen molar-refractivity contribution in [3.63, 3.8) is 0 Å². The van der Waals surface area contributed by atoms with Crippen LogP contribution in [0.1, 0.15) is 26.2 Å². The third kappa shape index (κ3) is 5.77. The zero-order valence-corrected chi connectivity index (χ0v) is 14.3. The van der Waals surface area contributed by atoms with Crippen LogP contribution in [-0.4, -0.2) is 53.5 Å². The van der Waals surface area contributed by atoms with E-state index in [2.05, 4.69) is 5.32 Å². The summed E-state index contributed by atoms with van der Waals surface area (Å²) in [6, 6.07) is 8.34. The first kappa shape index (κ1) is 18.8. The zero-order chi connectivity index (χ0) is 18.2. The number of likely N-dealkylation sites (tertiary alicyclic amines) is 1. The molecule has 0 radical (unpaired) electrons. The summed E-state index contributed by atoms with van der Waals surface area (Å²) < 4.78 is 5.53. The van der Waals surface area contributed by atoms with Gasteiger partial charge in [0.15, 0.2) is 0 Å². The largest absolute Gasteiger partial charge is 0.493 e. The molecule has 1 unspecified atom stereocenters. The summed E-state index contributed by atoms with van der Waals surface area (Å²) in [6.45, 7) is 2.64. The number of hydrogen-bond donors (Lipinski definition) is 2. The number of carbonyl (C=O) groups excluding carboxylic acids is 2. The fourth-order valence-electron chi connectivity index (χ4n) is 2.74. The Bertz CT molecular complexity index is 605. The molecule has 0 saturated carbocycles. The third-order valence-corrected chi connectivity index (χ3v) is 4.20. The van der Waals surface area contributed by atoms with E-state index in [-0.39, 0.29) is 30.8 Å². The van der Waals surface area contributed by atoms with Crippen LogP contribution in [0.3, 0.4) is 0 Å². The van der Waals surface area contributed by atoms with Crippen molar-refractivity contribution in [2.24, 2.45) is 5.92 Å². The summed E-state index contributed by atoms with van der Waals surface area (Å²) in [6.07, 6.45) is 1.63. The highest BCUT2D eigenvalue weighted by molar-refractivity contribution is 5.85. The molecule has 0 aromatic heterocycles. The summed E-state index contributed by atoms with van der Waals surface area (Å²) in [5.41, 5.74) is 0. The molecule has 7 heteroatoms. The highest BCUT2D eigenvalue weighted by Crippen LogP contribution is 2.18. The van der Waals surface area contributed by atoms with E-state index >= 15 is 0 Å². The smallest absolute Gasteiger partial charge is 0.325 e. The van der Waals surface area contributed by atoms with Gasteiger partial charge < -0.3 is 20.1 Å². The van der Waals surface area contributed by atoms with Crippen molar-refractivity contribution < 1.29 is 24.2 Å². The lowest BCUT2D eigenvalue weighted by Crippen LogP contribution is -2.48. The lowest BCUT2D eigenvalue weighted by molar-refractivity contribution is -0.143. The van der Waals surface area contributed by atoms with Gasteiger partial charge in [-0.2, -0.15) is 0 Å². The van der Waals surface area contributed by atoms with Gasteiger partial charge in [-0.05, 0) is 31.9 Å². The van der Waals surface area contributed by atoms with Gasteiger partial charge in [0.25, 0.3) is 0 Å². The normalized spacial score (nSPS) is 18.3. The van der Waals surface area contributed by atoms with E-state index in [1.807, 2.05) is 30.3 Å². The Morgan fingerprint density at radius 3 is 2.72 bits per heavy atom. The van der Waals surface area contributed by atoms with Gasteiger partial charge in [-0.25, -0.2) is 0 Å². The summed E-state index contributed by atoms with van der Waals surface area (Å²) in [7, 11) is 0. The number of nitrogens with zero attached hydrogens (tertiary/aromatic N) is 1. The molecular formula is C18H24N2O5. The maximum Gasteiger partial charge on any atom is 0.325 e. The van der Waals surface area contributed by atoms with Crippen molar-refractivity contribution in [1.82, 2.24) is 10.2 Å². The Hall–Kier alpha value is -2.57. The molecule has 1 heterocycles. The van der Waals surface area contributed by atoms with Crippen LogP contribution in [0.25, 0.3) is 0 Å². The van der Waals surface area contributed by atoms with Gasteiger partial charge in [-0.3, -0.25) is 14.4 Å². The van der Waals surface area contributed by atoms with Gasteiger partial charge >= 0.3 is 5.97 Å². The Labute approximate surface area is 147 Å². The SMILES string of the molecule is C[C@H](NC(=O)C1CCCN(C(=O)CCOc2ccccc2)C1)C(=O)O. The van der Waals surface area contributed by atoms with Crippen molar-refractivity contribution in [3.8, 4) is 5.75 Å². The fourth-order valence-corrected chi connectivity index (χ4v) is 2.74. The predicted molar refractivity (Wildman–Crippen MR) is 91.1 cm³/mol. The number of para-hydroxylation sites is 1. The number of benzene rings is 1. The van der Waals surface area contributed by atoms with Gasteiger partial charge in [0.1, 0.15) is 11.8 Å². The van der Waals surface area contributed by atoms with Crippen LogP contribution in [-0.2, 0) is 14.4 Å². The van der Waals surface area contributed by atoms with Crippen molar-refractivity contribution in [2.45, 2.75) is 32.2 Å². The standard InChI is InChI=1S/C18H24N2O5/c1-13(18(23)24)19-17(22)14-6-5-10-20(12-14)16(21)9-11-25-15-7-3-2-4-8-15/h2-4,7-8,13-14H,5-6,9-12H2,1H3,(H,19,22)(H,23,24)/t13-,14?/m0/s1. The quantitative estimate of drug-likeness (QED) is 0.774. The molecule has 1 fully saturated rings. The Kier molecular flexibility index (Phi) is 6.80. The minimum Gasteiger partial charge on any atom is -0.493 e. The zero-order valence-electron chi connectivity index (χ0n) is 14.3. The van der Waals surface area contributed by atoms with Crippen LogP contribution >= 0.6 is 0 Å². The molecule has 0 bridgehead atoms. The summed E-state index contributed by atoms with van der Waals surface area (Å²) >= 11 is 0. The van der Waals surface area contributed by atoms with E-state index in [0.29, 0.717) is 25.3 Å². The van der Waals surface area contributed by atoms with Gasteiger partial charge in [0, 0.05) is 13.1 Å². The maximum absolute atomic E-state index is 12.3. The highest BCUT2D eigenvalue weighted by atomic mass is 16.5. The molecule has 1 aliphatic rings. The predicted octanol–water partition coefficient (Wildman–Crippen LogP) is 1.28. The Balaban J connectivity index is 1.78. The first-order valence-electron chi connectivity index (χ1n) is 8.46. The number of hydrogen-bond acceptors (Lipinski definition) is 4. The van der Waals surface area contributed by atoms with E-state index in [9.17, 15) is 14.4 Å². The minimum absolute atomic E-state index is 0.0558. The van der Waals surface area contributed by atoms with Gasteiger partial charge in [-0.15, -0.1) is 0 Å². The number of carboxylic acid groups (broad SMARTS) is 1. The second kappa shape index (κ2) is 9.05.